The Hall–Kier alpha value is -2.80. The third kappa shape index (κ3) is 3.98. The summed E-state index contributed by atoms with van der Waals surface area (Å²) in [6, 6.07) is 9.37. The number of benzene rings is 1. The number of likely N-dealkylation sites (N-methyl/N-ethyl adjacent to an activating group) is 1. The van der Waals surface area contributed by atoms with Crippen LogP contribution in [0.25, 0.3) is 0 Å². The molecule has 1 aromatic heterocycles. The Balaban J connectivity index is 1.39. The van der Waals surface area contributed by atoms with E-state index in [0.717, 1.165) is 55.6 Å². The lowest BCUT2D eigenvalue weighted by Gasteiger charge is -2.33. The Bertz CT molecular complexity index is 801. The van der Waals surface area contributed by atoms with Crippen molar-refractivity contribution in [2.45, 2.75) is 6.92 Å². The average molecular weight is 368 g/mol. The standard InChI is InChI=1S/C20H24N4O3/c1-2-23-7-9-24(10-8-23)20(25)17-5-3-16(14-21-17)22-15-4-6-18-19(13-15)27-12-11-26-18/h3-6,13-14,22H,2,7-12H2,1H3. The molecule has 1 aromatic carbocycles. The summed E-state index contributed by atoms with van der Waals surface area (Å²) in [6.07, 6.45) is 1.69. The van der Waals surface area contributed by atoms with Gasteiger partial charge in [-0.3, -0.25) is 4.79 Å². The van der Waals surface area contributed by atoms with Crippen LogP contribution in [0.2, 0.25) is 0 Å². The van der Waals surface area contributed by atoms with E-state index >= 15 is 0 Å². The largest absolute Gasteiger partial charge is 0.486 e. The van der Waals surface area contributed by atoms with Crippen molar-refractivity contribution in [2.24, 2.45) is 0 Å². The highest BCUT2D eigenvalue weighted by molar-refractivity contribution is 5.92. The van der Waals surface area contributed by atoms with E-state index in [2.05, 4.69) is 22.1 Å². The first-order valence-corrected chi connectivity index (χ1v) is 9.37. The third-order valence-corrected chi connectivity index (χ3v) is 4.92. The zero-order valence-corrected chi connectivity index (χ0v) is 15.5. The molecule has 0 aliphatic carbocycles. The Morgan fingerprint density at radius 1 is 1.04 bits per heavy atom. The molecule has 7 heteroatoms. The van der Waals surface area contributed by atoms with Crippen LogP contribution < -0.4 is 14.8 Å². The number of hydrogen-bond donors (Lipinski definition) is 1. The van der Waals surface area contributed by atoms with Gasteiger partial charge in [0, 0.05) is 37.9 Å². The monoisotopic (exact) mass is 368 g/mol. The van der Waals surface area contributed by atoms with Crippen molar-refractivity contribution in [1.29, 1.82) is 0 Å². The number of pyridine rings is 1. The molecule has 2 aromatic rings. The Labute approximate surface area is 158 Å². The molecule has 1 fully saturated rings. The molecule has 0 radical (unpaired) electrons. The molecule has 0 bridgehead atoms. The van der Waals surface area contributed by atoms with Gasteiger partial charge < -0.3 is 24.6 Å². The number of carbonyl (C=O) groups is 1. The number of rotatable bonds is 4. The van der Waals surface area contributed by atoms with Crippen molar-refractivity contribution in [2.75, 3.05) is 51.3 Å². The number of fused-ring (bicyclic) bond motifs is 1. The maximum Gasteiger partial charge on any atom is 0.272 e. The molecule has 1 N–H and O–H groups in total. The van der Waals surface area contributed by atoms with Gasteiger partial charge in [-0.25, -0.2) is 4.98 Å². The molecule has 0 spiro atoms. The molecule has 0 unspecified atom stereocenters. The van der Waals surface area contributed by atoms with Gasteiger partial charge in [0.05, 0.1) is 11.9 Å². The van der Waals surface area contributed by atoms with Gasteiger partial charge in [-0.1, -0.05) is 6.92 Å². The van der Waals surface area contributed by atoms with Crippen LogP contribution in [0.15, 0.2) is 36.5 Å². The highest BCUT2D eigenvalue weighted by atomic mass is 16.6. The molecule has 1 amide bonds. The molecule has 1 saturated heterocycles. The van der Waals surface area contributed by atoms with E-state index in [-0.39, 0.29) is 5.91 Å². The number of nitrogens with one attached hydrogen (secondary N) is 1. The van der Waals surface area contributed by atoms with Crippen molar-refractivity contribution in [3.05, 3.63) is 42.2 Å². The second kappa shape index (κ2) is 7.84. The molecule has 0 atom stereocenters. The zero-order chi connectivity index (χ0) is 18.6. The maximum absolute atomic E-state index is 12.6. The molecule has 2 aliphatic rings. The fourth-order valence-corrected chi connectivity index (χ4v) is 3.31. The molecule has 27 heavy (non-hydrogen) atoms. The van der Waals surface area contributed by atoms with Crippen LogP contribution in [-0.2, 0) is 0 Å². The second-order valence-corrected chi connectivity index (χ2v) is 6.64. The Morgan fingerprint density at radius 3 is 2.48 bits per heavy atom. The minimum atomic E-state index is -0.00312. The molecular formula is C20H24N4O3. The van der Waals surface area contributed by atoms with Crippen molar-refractivity contribution in [1.82, 2.24) is 14.8 Å². The molecule has 3 heterocycles. The lowest BCUT2D eigenvalue weighted by molar-refractivity contribution is 0.0637. The number of anilines is 2. The van der Waals surface area contributed by atoms with E-state index in [1.807, 2.05) is 29.2 Å². The molecule has 7 nitrogen and oxygen atoms in total. The predicted molar refractivity (Wildman–Crippen MR) is 103 cm³/mol. The fourth-order valence-electron chi connectivity index (χ4n) is 3.31. The summed E-state index contributed by atoms with van der Waals surface area (Å²) in [5.74, 6) is 1.49. The van der Waals surface area contributed by atoms with Gasteiger partial charge in [0.1, 0.15) is 18.9 Å². The predicted octanol–water partition coefficient (Wildman–Crippen LogP) is 2.37. The zero-order valence-electron chi connectivity index (χ0n) is 15.5. The average Bonchev–Trinajstić information content (AvgIpc) is 2.74. The number of aromatic nitrogens is 1. The lowest BCUT2D eigenvalue weighted by atomic mass is 10.2. The molecular weight excluding hydrogens is 344 g/mol. The maximum atomic E-state index is 12.6. The summed E-state index contributed by atoms with van der Waals surface area (Å²) in [6.45, 7) is 7.66. The van der Waals surface area contributed by atoms with Gasteiger partial charge in [-0.15, -0.1) is 0 Å². The fraction of sp³-hybridized carbons (Fsp3) is 0.400. The van der Waals surface area contributed by atoms with E-state index < -0.39 is 0 Å². The first-order chi connectivity index (χ1) is 13.2. The number of ether oxygens (including phenoxy) is 2. The van der Waals surface area contributed by atoms with Gasteiger partial charge in [-0.2, -0.15) is 0 Å². The number of carbonyl (C=O) groups excluding carboxylic acids is 1. The van der Waals surface area contributed by atoms with Crippen LogP contribution in [0.3, 0.4) is 0 Å². The molecule has 142 valence electrons. The topological polar surface area (TPSA) is 66.9 Å². The van der Waals surface area contributed by atoms with E-state index in [1.54, 1.807) is 12.3 Å². The SMILES string of the molecule is CCN1CCN(C(=O)c2ccc(Nc3ccc4c(c3)OCCO4)cn2)CC1. The van der Waals surface area contributed by atoms with Gasteiger partial charge in [0.2, 0.25) is 0 Å². The van der Waals surface area contributed by atoms with Crippen LogP contribution in [0.5, 0.6) is 11.5 Å². The first kappa shape index (κ1) is 17.6. The van der Waals surface area contributed by atoms with E-state index in [0.29, 0.717) is 18.9 Å². The van der Waals surface area contributed by atoms with Gasteiger partial charge in [0.15, 0.2) is 11.5 Å². The smallest absolute Gasteiger partial charge is 0.272 e. The van der Waals surface area contributed by atoms with Gasteiger partial charge in [0.25, 0.3) is 5.91 Å². The number of hydrogen-bond acceptors (Lipinski definition) is 6. The molecule has 0 saturated carbocycles. The van der Waals surface area contributed by atoms with Crippen LogP contribution in [0, 0.1) is 0 Å². The van der Waals surface area contributed by atoms with Crippen molar-refractivity contribution < 1.29 is 14.3 Å². The Morgan fingerprint density at radius 2 is 1.78 bits per heavy atom. The lowest BCUT2D eigenvalue weighted by Crippen LogP contribution is -2.48. The van der Waals surface area contributed by atoms with Crippen LogP contribution in [0.1, 0.15) is 17.4 Å². The summed E-state index contributed by atoms with van der Waals surface area (Å²) in [5.41, 5.74) is 2.18. The quantitative estimate of drug-likeness (QED) is 0.894. The van der Waals surface area contributed by atoms with Crippen molar-refractivity contribution >= 4 is 17.3 Å². The number of piperazine rings is 1. The first-order valence-electron chi connectivity index (χ1n) is 9.37. The molecule has 2 aliphatic heterocycles. The summed E-state index contributed by atoms with van der Waals surface area (Å²) in [5, 5.41) is 3.28. The second-order valence-electron chi connectivity index (χ2n) is 6.64. The normalized spacial score (nSPS) is 16.9. The highest BCUT2D eigenvalue weighted by Gasteiger charge is 2.22. The van der Waals surface area contributed by atoms with E-state index in [9.17, 15) is 4.79 Å². The van der Waals surface area contributed by atoms with E-state index in [1.165, 1.54) is 0 Å². The summed E-state index contributed by atoms with van der Waals surface area (Å²) in [4.78, 5) is 21.2. The van der Waals surface area contributed by atoms with Crippen molar-refractivity contribution in [3.63, 3.8) is 0 Å². The van der Waals surface area contributed by atoms with Gasteiger partial charge in [-0.05, 0) is 30.8 Å². The summed E-state index contributed by atoms with van der Waals surface area (Å²) >= 11 is 0. The van der Waals surface area contributed by atoms with Gasteiger partial charge >= 0.3 is 0 Å². The number of amides is 1. The summed E-state index contributed by atoms with van der Waals surface area (Å²) < 4.78 is 11.1. The number of nitrogens with zero attached hydrogens (tertiary/aromatic N) is 3. The van der Waals surface area contributed by atoms with Crippen LogP contribution in [0.4, 0.5) is 11.4 Å². The van der Waals surface area contributed by atoms with Crippen molar-refractivity contribution in [3.8, 4) is 11.5 Å². The third-order valence-electron chi connectivity index (χ3n) is 4.92. The van der Waals surface area contributed by atoms with E-state index in [4.69, 9.17) is 9.47 Å². The minimum absolute atomic E-state index is 0.00312. The minimum Gasteiger partial charge on any atom is -0.486 e. The molecule has 4 rings (SSSR count). The van der Waals surface area contributed by atoms with Crippen LogP contribution in [-0.4, -0.2) is 66.6 Å². The summed E-state index contributed by atoms with van der Waals surface area (Å²) in [7, 11) is 0. The highest BCUT2D eigenvalue weighted by Crippen LogP contribution is 2.33. The van der Waals surface area contributed by atoms with Crippen LogP contribution >= 0.6 is 0 Å². The Kier molecular flexibility index (Phi) is 5.11.